The fraction of sp³-hybridized carbons (Fsp3) is 0.750. The third-order valence-electron chi connectivity index (χ3n) is 3.32. The second-order valence-electron chi connectivity index (χ2n) is 4.79. The number of carbonyl (C=O) groups excluding carboxylic acids is 3. The van der Waals surface area contributed by atoms with Crippen molar-refractivity contribution in [1.29, 1.82) is 0 Å². The van der Waals surface area contributed by atoms with Crippen LogP contribution in [0.1, 0.15) is 6.42 Å². The van der Waals surface area contributed by atoms with Crippen LogP contribution in [0.5, 0.6) is 0 Å². The monoisotopic (exact) mass is 285 g/mol. The highest BCUT2D eigenvalue weighted by molar-refractivity contribution is 6.29. The van der Waals surface area contributed by atoms with Crippen LogP contribution in [0.15, 0.2) is 0 Å². The molecule has 0 saturated carbocycles. The molecule has 8 heteroatoms. The number of piperazine rings is 1. The van der Waals surface area contributed by atoms with Crippen LogP contribution in [0.4, 0.5) is 0 Å². The van der Waals surface area contributed by atoms with Crippen molar-refractivity contribution in [2.45, 2.75) is 6.42 Å². The van der Waals surface area contributed by atoms with Crippen molar-refractivity contribution in [2.75, 3.05) is 45.9 Å². The molecule has 0 bridgehead atoms. The molecule has 2 fully saturated rings. The van der Waals surface area contributed by atoms with Crippen molar-refractivity contribution in [3.8, 4) is 0 Å². The largest absolute Gasteiger partial charge is 0.449 e. The molecule has 0 amide bonds. The molecular formula is C12H19N3O5. The topological polar surface area (TPSA) is 97.0 Å². The van der Waals surface area contributed by atoms with Crippen LogP contribution in [0, 0.1) is 5.92 Å². The molecule has 2 aliphatic rings. The Morgan fingerprint density at radius 2 is 1.80 bits per heavy atom. The minimum atomic E-state index is -1.12. The van der Waals surface area contributed by atoms with Crippen molar-refractivity contribution < 1.29 is 24.0 Å². The molecule has 0 spiro atoms. The summed E-state index contributed by atoms with van der Waals surface area (Å²) in [5, 5.41) is 7.55. The van der Waals surface area contributed by atoms with Gasteiger partial charge in [0.1, 0.15) is 0 Å². The summed E-state index contributed by atoms with van der Waals surface area (Å²) < 4.78 is 4.69. The van der Waals surface area contributed by atoms with E-state index in [4.69, 9.17) is 4.84 Å². The second-order valence-corrected chi connectivity index (χ2v) is 4.79. The van der Waals surface area contributed by atoms with Crippen molar-refractivity contribution in [2.24, 2.45) is 5.92 Å². The maximum absolute atomic E-state index is 11.7. The smallest absolute Gasteiger partial charge is 0.436 e. The first-order valence-corrected chi connectivity index (χ1v) is 6.75. The maximum Gasteiger partial charge on any atom is 0.436 e. The van der Waals surface area contributed by atoms with Gasteiger partial charge in [0.25, 0.3) is 0 Å². The van der Waals surface area contributed by atoms with Crippen molar-refractivity contribution in [1.82, 2.24) is 15.7 Å². The number of Topliss-reactive ketones (excluding diaryl/α,β-unsaturated/α-hetero) is 1. The summed E-state index contributed by atoms with van der Waals surface area (Å²) in [5.74, 6) is -2.50. The number of ketones is 1. The molecular weight excluding hydrogens is 266 g/mol. The highest BCUT2D eigenvalue weighted by Gasteiger charge is 2.26. The van der Waals surface area contributed by atoms with Crippen LogP contribution in [0.25, 0.3) is 0 Å². The van der Waals surface area contributed by atoms with Crippen LogP contribution in [-0.2, 0) is 24.0 Å². The molecule has 0 aliphatic carbocycles. The van der Waals surface area contributed by atoms with Gasteiger partial charge in [0.05, 0.1) is 0 Å². The molecule has 2 N–H and O–H groups in total. The Morgan fingerprint density at radius 1 is 1.05 bits per heavy atom. The van der Waals surface area contributed by atoms with E-state index in [-0.39, 0.29) is 18.3 Å². The minimum absolute atomic E-state index is 0.132. The van der Waals surface area contributed by atoms with Crippen molar-refractivity contribution >= 4 is 17.7 Å². The van der Waals surface area contributed by atoms with Gasteiger partial charge in [-0.25, -0.2) is 9.59 Å². The van der Waals surface area contributed by atoms with Gasteiger partial charge in [-0.05, 0) is 13.0 Å². The SMILES string of the molecule is O=C(OCC(=O)C1CCNC1)C(=O)ON1CCNCC1. The summed E-state index contributed by atoms with van der Waals surface area (Å²) >= 11 is 0. The average Bonchev–Trinajstić information content (AvgIpc) is 2.99. The summed E-state index contributed by atoms with van der Waals surface area (Å²) in [7, 11) is 0. The quantitative estimate of drug-likeness (QED) is 0.455. The number of nitrogens with one attached hydrogen (secondary N) is 2. The number of hydroxylamine groups is 2. The number of ether oxygens (including phenoxy) is 1. The van der Waals surface area contributed by atoms with Crippen LogP contribution in [0.3, 0.4) is 0 Å². The summed E-state index contributed by atoms with van der Waals surface area (Å²) in [4.78, 5) is 39.4. The third-order valence-corrected chi connectivity index (χ3v) is 3.32. The first-order valence-electron chi connectivity index (χ1n) is 6.75. The molecule has 2 rings (SSSR count). The summed E-state index contributed by atoms with van der Waals surface area (Å²) in [6.45, 7) is 3.43. The number of carbonyl (C=O) groups is 3. The van der Waals surface area contributed by atoms with Crippen LogP contribution >= 0.6 is 0 Å². The molecule has 8 nitrogen and oxygen atoms in total. The standard InChI is InChI=1S/C12H19N3O5/c16-10(9-1-2-14-7-9)8-19-11(17)12(18)20-15-5-3-13-4-6-15/h9,13-14H,1-8H2. The van der Waals surface area contributed by atoms with E-state index >= 15 is 0 Å². The van der Waals surface area contributed by atoms with Gasteiger partial charge in [-0.3, -0.25) is 4.79 Å². The average molecular weight is 285 g/mol. The summed E-state index contributed by atoms with van der Waals surface area (Å²) in [6.07, 6.45) is 0.738. The molecule has 0 aromatic carbocycles. The molecule has 112 valence electrons. The first kappa shape index (κ1) is 14.9. The zero-order chi connectivity index (χ0) is 14.4. The van der Waals surface area contributed by atoms with E-state index in [0.717, 1.165) is 13.0 Å². The van der Waals surface area contributed by atoms with Gasteiger partial charge in [0.2, 0.25) is 0 Å². The molecule has 20 heavy (non-hydrogen) atoms. The van der Waals surface area contributed by atoms with Crippen LogP contribution in [-0.4, -0.2) is 68.7 Å². The molecule has 1 unspecified atom stereocenters. The fourth-order valence-electron chi connectivity index (χ4n) is 2.13. The molecule has 0 aromatic rings. The number of nitrogens with zero attached hydrogens (tertiary/aromatic N) is 1. The Morgan fingerprint density at radius 3 is 2.45 bits per heavy atom. The minimum Gasteiger partial charge on any atom is -0.449 e. The lowest BCUT2D eigenvalue weighted by Gasteiger charge is -2.24. The maximum atomic E-state index is 11.7. The number of esters is 1. The number of rotatable bonds is 4. The number of hydrogen-bond acceptors (Lipinski definition) is 8. The lowest BCUT2D eigenvalue weighted by Crippen LogP contribution is -2.45. The third kappa shape index (κ3) is 4.26. The van der Waals surface area contributed by atoms with E-state index in [1.165, 1.54) is 5.06 Å². The predicted octanol–water partition coefficient (Wildman–Crippen LogP) is -1.93. The fourth-order valence-corrected chi connectivity index (χ4v) is 2.13. The van der Waals surface area contributed by atoms with Gasteiger partial charge >= 0.3 is 11.9 Å². The molecule has 2 aliphatic heterocycles. The Balaban J connectivity index is 1.67. The lowest BCUT2D eigenvalue weighted by atomic mass is 10.0. The van der Waals surface area contributed by atoms with Gasteiger partial charge in [0.15, 0.2) is 12.4 Å². The van der Waals surface area contributed by atoms with Gasteiger partial charge < -0.3 is 20.2 Å². The first-order chi connectivity index (χ1) is 9.66. The zero-order valence-electron chi connectivity index (χ0n) is 11.2. The van der Waals surface area contributed by atoms with Crippen LogP contribution in [0.2, 0.25) is 0 Å². The summed E-state index contributed by atoms with van der Waals surface area (Å²) in [6, 6.07) is 0. The van der Waals surface area contributed by atoms with Gasteiger partial charge in [-0.1, -0.05) is 0 Å². The molecule has 2 saturated heterocycles. The Bertz CT molecular complexity index is 375. The normalized spacial score (nSPS) is 23.3. The summed E-state index contributed by atoms with van der Waals surface area (Å²) in [5.41, 5.74) is 0. The van der Waals surface area contributed by atoms with E-state index in [9.17, 15) is 14.4 Å². The zero-order valence-corrected chi connectivity index (χ0v) is 11.2. The molecule has 1 atom stereocenters. The van der Waals surface area contributed by atoms with Crippen molar-refractivity contribution in [3.05, 3.63) is 0 Å². The van der Waals surface area contributed by atoms with Gasteiger partial charge in [-0.15, -0.1) is 5.06 Å². The Kier molecular flexibility index (Phi) is 5.45. The van der Waals surface area contributed by atoms with E-state index in [1.54, 1.807) is 0 Å². The molecule has 2 heterocycles. The highest BCUT2D eigenvalue weighted by atomic mass is 16.7. The van der Waals surface area contributed by atoms with E-state index in [1.807, 2.05) is 0 Å². The van der Waals surface area contributed by atoms with E-state index < -0.39 is 11.9 Å². The van der Waals surface area contributed by atoms with Crippen molar-refractivity contribution in [3.63, 3.8) is 0 Å². The molecule has 0 radical (unpaired) electrons. The number of hydrogen-bond donors (Lipinski definition) is 2. The van der Waals surface area contributed by atoms with E-state index in [2.05, 4.69) is 15.4 Å². The van der Waals surface area contributed by atoms with Gasteiger partial charge in [0, 0.05) is 38.6 Å². The van der Waals surface area contributed by atoms with E-state index in [0.29, 0.717) is 32.7 Å². The molecule has 0 aromatic heterocycles. The predicted molar refractivity (Wildman–Crippen MR) is 67.5 cm³/mol. The Hall–Kier alpha value is -1.51. The second kappa shape index (κ2) is 7.32. The van der Waals surface area contributed by atoms with Gasteiger partial charge in [-0.2, -0.15) is 0 Å². The highest BCUT2D eigenvalue weighted by Crippen LogP contribution is 2.08. The van der Waals surface area contributed by atoms with Crippen LogP contribution < -0.4 is 10.6 Å². The Labute approximate surface area is 116 Å². The lowest BCUT2D eigenvalue weighted by molar-refractivity contribution is -0.201.